The van der Waals surface area contributed by atoms with Crippen molar-refractivity contribution >= 4 is 5.71 Å². The van der Waals surface area contributed by atoms with Crippen LogP contribution in [-0.2, 0) is 0 Å². The van der Waals surface area contributed by atoms with Crippen molar-refractivity contribution in [2.45, 2.75) is 40.5 Å². The number of rotatable bonds is 4. The van der Waals surface area contributed by atoms with E-state index in [0.29, 0.717) is 11.8 Å². The molecule has 0 bridgehead atoms. The summed E-state index contributed by atoms with van der Waals surface area (Å²) < 4.78 is 0. The zero-order valence-corrected chi connectivity index (χ0v) is 7.96. The van der Waals surface area contributed by atoms with Crippen molar-refractivity contribution in [2.75, 3.05) is 0 Å². The van der Waals surface area contributed by atoms with E-state index in [9.17, 15) is 0 Å². The monoisotopic (exact) mass is 157 g/mol. The van der Waals surface area contributed by atoms with Gasteiger partial charge in [-0.25, -0.2) is 0 Å². The zero-order chi connectivity index (χ0) is 8.85. The molecule has 0 aromatic carbocycles. The summed E-state index contributed by atoms with van der Waals surface area (Å²) in [5.41, 5.74) is 0.923. The molecule has 0 spiro atoms. The second-order valence-corrected chi connectivity index (χ2v) is 3.37. The molecule has 2 nitrogen and oxygen atoms in total. The molecule has 0 aliphatic carbocycles. The van der Waals surface area contributed by atoms with Crippen LogP contribution in [0.25, 0.3) is 0 Å². The fourth-order valence-electron chi connectivity index (χ4n) is 1.36. The van der Waals surface area contributed by atoms with Crippen LogP contribution in [0.5, 0.6) is 0 Å². The van der Waals surface area contributed by atoms with Crippen LogP contribution >= 0.6 is 0 Å². The fourth-order valence-corrected chi connectivity index (χ4v) is 1.36. The Labute approximate surface area is 69.3 Å². The molecule has 0 saturated heterocycles. The first-order valence-corrected chi connectivity index (χ1v) is 4.35. The Hall–Kier alpha value is -0.530. The first-order chi connectivity index (χ1) is 5.13. The molecule has 0 aromatic rings. The van der Waals surface area contributed by atoms with Crippen molar-refractivity contribution in [3.63, 3.8) is 0 Å². The van der Waals surface area contributed by atoms with E-state index in [-0.39, 0.29) is 0 Å². The lowest BCUT2D eigenvalue weighted by atomic mass is 9.92. The second kappa shape index (κ2) is 5.16. The Kier molecular flexibility index (Phi) is 4.92. The minimum absolute atomic E-state index is 0.363. The molecule has 0 aliphatic heterocycles. The molecule has 11 heavy (non-hydrogen) atoms. The lowest BCUT2D eigenvalue weighted by Gasteiger charge is -2.14. The van der Waals surface area contributed by atoms with Gasteiger partial charge in [0.05, 0.1) is 5.71 Å². The van der Waals surface area contributed by atoms with Gasteiger partial charge in [0.2, 0.25) is 0 Å². The van der Waals surface area contributed by atoms with Crippen LogP contribution in [-0.4, -0.2) is 10.9 Å². The molecule has 0 aliphatic rings. The lowest BCUT2D eigenvalue weighted by molar-refractivity contribution is 0.310. The van der Waals surface area contributed by atoms with Gasteiger partial charge in [-0.15, -0.1) is 0 Å². The van der Waals surface area contributed by atoms with Crippen LogP contribution in [0.4, 0.5) is 0 Å². The van der Waals surface area contributed by atoms with Crippen molar-refractivity contribution in [3.8, 4) is 0 Å². The molecule has 0 fully saturated rings. The van der Waals surface area contributed by atoms with Crippen molar-refractivity contribution in [2.24, 2.45) is 17.0 Å². The van der Waals surface area contributed by atoms with E-state index in [1.165, 1.54) is 0 Å². The average Bonchev–Trinajstić information content (AvgIpc) is 1.88. The minimum Gasteiger partial charge on any atom is -0.411 e. The van der Waals surface area contributed by atoms with Gasteiger partial charge in [0.25, 0.3) is 0 Å². The minimum atomic E-state index is 0.363. The summed E-state index contributed by atoms with van der Waals surface area (Å²) in [6.45, 7) is 8.37. The first-order valence-electron chi connectivity index (χ1n) is 4.35. The third-order valence-corrected chi connectivity index (χ3v) is 1.93. The molecule has 0 rings (SSSR count). The molecule has 1 unspecified atom stereocenters. The predicted molar refractivity (Wildman–Crippen MR) is 48.1 cm³/mol. The van der Waals surface area contributed by atoms with Crippen molar-refractivity contribution < 1.29 is 5.21 Å². The largest absolute Gasteiger partial charge is 0.411 e. The summed E-state index contributed by atoms with van der Waals surface area (Å²) in [4.78, 5) is 0. The quantitative estimate of drug-likeness (QED) is 0.380. The molecule has 0 saturated carbocycles. The second-order valence-electron chi connectivity index (χ2n) is 3.37. The van der Waals surface area contributed by atoms with Gasteiger partial charge in [-0.1, -0.05) is 39.3 Å². The van der Waals surface area contributed by atoms with Gasteiger partial charge < -0.3 is 5.21 Å². The van der Waals surface area contributed by atoms with Crippen molar-refractivity contribution in [1.82, 2.24) is 0 Å². The number of oxime groups is 1. The number of hydrogen-bond acceptors (Lipinski definition) is 2. The number of nitrogens with zero attached hydrogens (tertiary/aromatic N) is 1. The molecule has 0 radical (unpaired) electrons. The summed E-state index contributed by atoms with van der Waals surface area (Å²) in [7, 11) is 0. The van der Waals surface area contributed by atoms with E-state index < -0.39 is 0 Å². The highest BCUT2D eigenvalue weighted by Gasteiger charge is 2.13. The van der Waals surface area contributed by atoms with Gasteiger partial charge >= 0.3 is 0 Å². The first kappa shape index (κ1) is 10.5. The van der Waals surface area contributed by atoms with E-state index in [1.54, 1.807) is 0 Å². The summed E-state index contributed by atoms with van der Waals surface area (Å²) in [5.74, 6) is 0.784. The van der Waals surface area contributed by atoms with Crippen LogP contribution in [0.2, 0.25) is 0 Å². The molecule has 0 amide bonds. The molecular weight excluding hydrogens is 138 g/mol. The highest BCUT2D eigenvalue weighted by molar-refractivity contribution is 5.87. The van der Waals surface area contributed by atoms with Crippen molar-refractivity contribution in [1.29, 1.82) is 0 Å². The van der Waals surface area contributed by atoms with Crippen LogP contribution < -0.4 is 0 Å². The van der Waals surface area contributed by atoms with Gasteiger partial charge in [-0.3, -0.25) is 0 Å². The zero-order valence-electron chi connectivity index (χ0n) is 7.96. The lowest BCUT2D eigenvalue weighted by Crippen LogP contribution is -2.17. The Morgan fingerprint density at radius 1 is 1.36 bits per heavy atom. The third-order valence-electron chi connectivity index (χ3n) is 1.93. The maximum atomic E-state index is 8.68. The summed E-state index contributed by atoms with van der Waals surface area (Å²) in [6.07, 6.45) is 2.25. The van der Waals surface area contributed by atoms with E-state index >= 15 is 0 Å². The highest BCUT2D eigenvalue weighted by atomic mass is 16.4. The Morgan fingerprint density at radius 3 is 2.18 bits per heavy atom. The molecular formula is C9H19NO. The highest BCUT2D eigenvalue weighted by Crippen LogP contribution is 2.13. The van der Waals surface area contributed by atoms with E-state index in [4.69, 9.17) is 5.21 Å². The fraction of sp³-hybridized carbons (Fsp3) is 0.889. The predicted octanol–water partition coefficient (Wildman–Crippen LogP) is 2.91. The summed E-state index contributed by atoms with van der Waals surface area (Å²) >= 11 is 0. The topological polar surface area (TPSA) is 32.6 Å². The molecule has 2 heteroatoms. The van der Waals surface area contributed by atoms with Gasteiger partial charge in [0, 0.05) is 0 Å². The number of hydrogen-bond donors (Lipinski definition) is 1. The Balaban J connectivity index is 4.04. The normalized spacial score (nSPS) is 15.5. The van der Waals surface area contributed by atoms with E-state index in [0.717, 1.165) is 18.6 Å². The van der Waals surface area contributed by atoms with Crippen LogP contribution in [0.1, 0.15) is 40.5 Å². The Bertz CT molecular complexity index is 130. The molecule has 0 heterocycles. The maximum Gasteiger partial charge on any atom is 0.0624 e. The van der Waals surface area contributed by atoms with Crippen LogP contribution in [0.15, 0.2) is 5.16 Å². The van der Waals surface area contributed by atoms with Gasteiger partial charge in [0.1, 0.15) is 0 Å². The molecule has 0 aromatic heterocycles. The van der Waals surface area contributed by atoms with Gasteiger partial charge in [-0.2, -0.15) is 0 Å². The molecule has 1 N–H and O–H groups in total. The third kappa shape index (κ3) is 3.40. The SMILES string of the molecule is CCCC(C)C(=NO)C(C)C. The summed E-state index contributed by atoms with van der Waals surface area (Å²) in [6, 6.07) is 0. The van der Waals surface area contributed by atoms with Crippen LogP contribution in [0.3, 0.4) is 0 Å². The molecule has 1 atom stereocenters. The molecule has 66 valence electrons. The average molecular weight is 157 g/mol. The van der Waals surface area contributed by atoms with E-state index in [2.05, 4.69) is 32.9 Å². The maximum absolute atomic E-state index is 8.68. The van der Waals surface area contributed by atoms with Crippen LogP contribution in [0, 0.1) is 11.8 Å². The smallest absolute Gasteiger partial charge is 0.0624 e. The summed E-state index contributed by atoms with van der Waals surface area (Å²) in [5, 5.41) is 12.0. The van der Waals surface area contributed by atoms with Crippen molar-refractivity contribution in [3.05, 3.63) is 0 Å². The van der Waals surface area contributed by atoms with E-state index in [1.807, 2.05) is 0 Å². The standard InChI is InChI=1S/C9H19NO/c1-5-6-8(4)9(10-11)7(2)3/h7-8,11H,5-6H2,1-4H3. The van der Waals surface area contributed by atoms with Gasteiger partial charge in [0.15, 0.2) is 0 Å². The Morgan fingerprint density at radius 2 is 1.91 bits per heavy atom. The van der Waals surface area contributed by atoms with Gasteiger partial charge in [-0.05, 0) is 18.3 Å².